The van der Waals surface area contributed by atoms with Gasteiger partial charge in [0.25, 0.3) is 0 Å². The van der Waals surface area contributed by atoms with Crippen LogP contribution in [0.2, 0.25) is 5.02 Å². The highest BCUT2D eigenvalue weighted by Gasteiger charge is 2.20. The van der Waals surface area contributed by atoms with E-state index < -0.39 is 5.82 Å². The number of aryl methyl sites for hydroxylation is 1. The summed E-state index contributed by atoms with van der Waals surface area (Å²) in [6, 6.07) is 14.6. The van der Waals surface area contributed by atoms with Crippen molar-refractivity contribution in [1.82, 2.24) is 9.88 Å². The Kier molecular flexibility index (Phi) is 6.44. The summed E-state index contributed by atoms with van der Waals surface area (Å²) in [6.45, 7) is 3.91. The normalized spacial score (nSPS) is 16.6. The minimum Gasteiger partial charge on any atom is -0.507 e. The number of hydrogen-bond acceptors (Lipinski definition) is 4. The van der Waals surface area contributed by atoms with Gasteiger partial charge in [-0.25, -0.2) is 9.37 Å². The molecule has 3 aromatic rings. The molecule has 2 N–H and O–H groups in total. The average molecular weight is 440 g/mol. The Morgan fingerprint density at radius 2 is 2.00 bits per heavy atom. The fraction of sp³-hybridized carbons (Fsp3) is 0.320. The maximum atomic E-state index is 14.1. The fourth-order valence-corrected chi connectivity index (χ4v) is 4.28. The zero-order valence-electron chi connectivity index (χ0n) is 17.8. The molecule has 4 rings (SSSR count). The average Bonchev–Trinajstić information content (AvgIpc) is 3.16. The molecule has 1 unspecified atom stereocenters. The molecule has 162 valence electrons. The third kappa shape index (κ3) is 5.00. The Morgan fingerprint density at radius 3 is 2.74 bits per heavy atom. The van der Waals surface area contributed by atoms with Gasteiger partial charge in [0.1, 0.15) is 17.4 Å². The number of likely N-dealkylation sites (tertiary alicyclic amines) is 1. The van der Waals surface area contributed by atoms with Gasteiger partial charge in [-0.3, -0.25) is 0 Å². The lowest BCUT2D eigenvalue weighted by Crippen LogP contribution is -2.27. The molecule has 1 fully saturated rings. The van der Waals surface area contributed by atoms with Gasteiger partial charge in [0.05, 0.1) is 10.7 Å². The number of phenols is 1. The molecule has 0 spiro atoms. The van der Waals surface area contributed by atoms with Gasteiger partial charge in [-0.05, 0) is 87.3 Å². The molecule has 0 radical (unpaired) electrons. The lowest BCUT2D eigenvalue weighted by atomic mass is 10.0. The van der Waals surface area contributed by atoms with Crippen molar-refractivity contribution in [3.63, 3.8) is 0 Å². The number of nitrogens with one attached hydrogen (secondary N) is 1. The van der Waals surface area contributed by atoms with Crippen LogP contribution in [-0.2, 0) is 0 Å². The van der Waals surface area contributed by atoms with Crippen molar-refractivity contribution in [3.05, 3.63) is 64.9 Å². The zero-order valence-corrected chi connectivity index (χ0v) is 18.6. The fourth-order valence-electron chi connectivity index (χ4n) is 4.17. The number of phenolic OH excluding ortho intramolecular Hbond substituents is 1. The number of aromatic nitrogens is 1. The largest absolute Gasteiger partial charge is 0.507 e. The first-order valence-electron chi connectivity index (χ1n) is 10.6. The van der Waals surface area contributed by atoms with Gasteiger partial charge in [0.15, 0.2) is 0 Å². The summed E-state index contributed by atoms with van der Waals surface area (Å²) >= 11 is 5.87. The van der Waals surface area contributed by atoms with Gasteiger partial charge in [-0.2, -0.15) is 0 Å². The van der Waals surface area contributed by atoms with Crippen LogP contribution in [0.25, 0.3) is 22.4 Å². The Bertz CT molecular complexity index is 1090. The highest BCUT2D eigenvalue weighted by atomic mass is 35.5. The first kappa shape index (κ1) is 21.6. The topological polar surface area (TPSA) is 48.4 Å². The lowest BCUT2D eigenvalue weighted by Gasteiger charge is -2.19. The van der Waals surface area contributed by atoms with Crippen molar-refractivity contribution in [3.8, 4) is 28.1 Å². The van der Waals surface area contributed by atoms with Crippen LogP contribution in [0.1, 0.15) is 24.8 Å². The molecule has 0 saturated carbocycles. The van der Waals surface area contributed by atoms with Crippen molar-refractivity contribution in [1.29, 1.82) is 0 Å². The molecule has 2 heterocycles. The minimum atomic E-state index is -0.463. The second kappa shape index (κ2) is 9.25. The smallest absolute Gasteiger partial charge is 0.142 e. The van der Waals surface area contributed by atoms with Gasteiger partial charge in [0.2, 0.25) is 0 Å². The number of nitrogens with zero attached hydrogens (tertiary/aromatic N) is 2. The summed E-state index contributed by atoms with van der Waals surface area (Å²) in [4.78, 5) is 7.15. The monoisotopic (exact) mass is 439 g/mol. The van der Waals surface area contributed by atoms with E-state index in [2.05, 4.69) is 17.3 Å². The number of hydrogen-bond donors (Lipinski definition) is 2. The molecule has 1 aromatic heterocycles. The van der Waals surface area contributed by atoms with Gasteiger partial charge < -0.3 is 15.3 Å². The van der Waals surface area contributed by atoms with Crippen molar-refractivity contribution < 1.29 is 9.50 Å². The number of rotatable bonds is 6. The molecule has 0 aliphatic carbocycles. The maximum Gasteiger partial charge on any atom is 0.142 e. The Morgan fingerprint density at radius 1 is 1.16 bits per heavy atom. The van der Waals surface area contributed by atoms with Crippen molar-refractivity contribution >= 4 is 17.4 Å². The predicted octanol–water partition coefficient (Wildman–Crippen LogP) is 6.12. The SMILES string of the molecule is Cc1ccc(O)c(-c2cc(-c3ccc(Cl)c(F)c3)cc(NCCC3CCCN3C)n2)c1. The predicted molar refractivity (Wildman–Crippen MR) is 125 cm³/mol. The van der Waals surface area contributed by atoms with Crippen molar-refractivity contribution in [2.75, 3.05) is 25.5 Å². The molecule has 4 nitrogen and oxygen atoms in total. The maximum absolute atomic E-state index is 14.1. The van der Waals surface area contributed by atoms with Gasteiger partial charge >= 0.3 is 0 Å². The molecule has 0 bridgehead atoms. The van der Waals surface area contributed by atoms with E-state index in [1.165, 1.54) is 18.9 Å². The quantitative estimate of drug-likeness (QED) is 0.485. The summed E-state index contributed by atoms with van der Waals surface area (Å²) in [6.07, 6.45) is 3.49. The molecule has 1 aliphatic rings. The second-order valence-corrected chi connectivity index (χ2v) is 8.68. The highest BCUT2D eigenvalue weighted by molar-refractivity contribution is 6.30. The summed E-state index contributed by atoms with van der Waals surface area (Å²) < 4.78 is 14.1. The Labute approximate surface area is 187 Å². The second-order valence-electron chi connectivity index (χ2n) is 8.27. The van der Waals surface area contributed by atoms with E-state index in [4.69, 9.17) is 16.6 Å². The van der Waals surface area contributed by atoms with Crippen LogP contribution in [0.15, 0.2) is 48.5 Å². The van der Waals surface area contributed by atoms with Crippen LogP contribution in [0.3, 0.4) is 0 Å². The lowest BCUT2D eigenvalue weighted by molar-refractivity contribution is 0.301. The molecule has 6 heteroatoms. The molecule has 0 amide bonds. The summed E-state index contributed by atoms with van der Waals surface area (Å²) in [5, 5.41) is 14.0. The van der Waals surface area contributed by atoms with Crippen LogP contribution >= 0.6 is 11.6 Å². The molecule has 31 heavy (non-hydrogen) atoms. The Balaban J connectivity index is 1.67. The van der Waals surface area contributed by atoms with E-state index in [1.807, 2.05) is 31.2 Å². The number of halogens is 2. The van der Waals surface area contributed by atoms with E-state index in [0.29, 0.717) is 28.7 Å². The number of benzene rings is 2. The summed E-state index contributed by atoms with van der Waals surface area (Å²) in [5.74, 6) is 0.398. The Hall–Kier alpha value is -2.63. The van der Waals surface area contributed by atoms with Gasteiger partial charge in [0, 0.05) is 18.2 Å². The van der Waals surface area contributed by atoms with Gasteiger partial charge in [-0.1, -0.05) is 29.3 Å². The van der Waals surface area contributed by atoms with E-state index >= 15 is 0 Å². The number of pyridine rings is 1. The molecular weight excluding hydrogens is 413 g/mol. The van der Waals surface area contributed by atoms with Crippen LogP contribution in [0.4, 0.5) is 10.2 Å². The molecule has 1 atom stereocenters. The van der Waals surface area contributed by atoms with E-state index in [1.54, 1.807) is 18.2 Å². The molecule has 1 saturated heterocycles. The van der Waals surface area contributed by atoms with Crippen LogP contribution < -0.4 is 5.32 Å². The molecule has 2 aromatic carbocycles. The minimum absolute atomic E-state index is 0.0911. The third-order valence-corrected chi connectivity index (χ3v) is 6.27. The highest BCUT2D eigenvalue weighted by Crippen LogP contribution is 2.34. The van der Waals surface area contributed by atoms with Crippen LogP contribution in [0, 0.1) is 12.7 Å². The van der Waals surface area contributed by atoms with Crippen LogP contribution in [-0.4, -0.2) is 41.2 Å². The van der Waals surface area contributed by atoms with E-state index in [0.717, 1.165) is 30.6 Å². The first-order chi connectivity index (χ1) is 14.9. The molecular formula is C25H27ClFN3O. The third-order valence-electron chi connectivity index (χ3n) is 5.96. The van der Waals surface area contributed by atoms with E-state index in [-0.39, 0.29) is 10.8 Å². The van der Waals surface area contributed by atoms with Crippen molar-refractivity contribution in [2.45, 2.75) is 32.2 Å². The molecule has 1 aliphatic heterocycles. The van der Waals surface area contributed by atoms with Crippen LogP contribution in [0.5, 0.6) is 5.75 Å². The zero-order chi connectivity index (χ0) is 22.0. The van der Waals surface area contributed by atoms with E-state index in [9.17, 15) is 9.50 Å². The number of anilines is 1. The van der Waals surface area contributed by atoms with Crippen molar-refractivity contribution in [2.24, 2.45) is 0 Å². The standard InChI is InChI=1S/C25H27ClFN3O/c1-16-5-8-24(31)20(12-16)23-14-18(17-6-7-21(26)22(27)13-17)15-25(29-23)28-10-9-19-4-3-11-30(19)2/h5-8,12-15,19,31H,3-4,9-11H2,1-2H3,(H,28,29). The summed E-state index contributed by atoms with van der Waals surface area (Å²) in [5.41, 5.74) is 3.82. The van der Waals surface area contributed by atoms with Gasteiger partial charge in [-0.15, -0.1) is 0 Å². The number of aromatic hydroxyl groups is 1. The summed E-state index contributed by atoms with van der Waals surface area (Å²) in [7, 11) is 2.17. The first-order valence-corrected chi connectivity index (χ1v) is 11.0.